The van der Waals surface area contributed by atoms with Gasteiger partial charge >= 0.3 is 12.1 Å². The minimum Gasteiger partial charge on any atom is -0.479 e. The minimum atomic E-state index is -5.11. The Morgan fingerprint density at radius 1 is 1.42 bits per heavy atom. The van der Waals surface area contributed by atoms with Gasteiger partial charge in [0.1, 0.15) is 6.10 Å². The highest BCUT2D eigenvalue weighted by Crippen LogP contribution is 2.31. The first-order valence-corrected chi connectivity index (χ1v) is 5.59. The van der Waals surface area contributed by atoms with E-state index in [9.17, 15) is 22.8 Å². The molecule has 1 rings (SSSR count). The van der Waals surface area contributed by atoms with Crippen molar-refractivity contribution in [2.75, 3.05) is 6.54 Å². The number of aliphatic carboxylic acids is 1. The van der Waals surface area contributed by atoms with Gasteiger partial charge in [0.25, 0.3) is 0 Å². The first kappa shape index (κ1) is 15.7. The third-order valence-corrected chi connectivity index (χ3v) is 3.03. The molecule has 0 aliphatic carbocycles. The molecule has 0 aromatic rings. The fourth-order valence-electron chi connectivity index (χ4n) is 1.64. The van der Waals surface area contributed by atoms with Gasteiger partial charge in [-0.25, -0.2) is 4.79 Å². The van der Waals surface area contributed by atoms with E-state index >= 15 is 0 Å². The lowest BCUT2D eigenvalue weighted by Crippen LogP contribution is -2.63. The Morgan fingerprint density at radius 2 is 2.00 bits per heavy atom. The molecule has 1 saturated heterocycles. The molecular formula is C10H15F3N2O4. The van der Waals surface area contributed by atoms with E-state index in [1.54, 1.807) is 0 Å². The van der Waals surface area contributed by atoms with Gasteiger partial charge in [-0.1, -0.05) is 0 Å². The van der Waals surface area contributed by atoms with Crippen LogP contribution in [-0.2, 0) is 14.3 Å². The molecule has 3 unspecified atom stereocenters. The number of ether oxygens (including phenoxy) is 1. The number of amides is 1. The maximum atomic E-state index is 12.7. The zero-order valence-electron chi connectivity index (χ0n) is 10.2. The Labute approximate surface area is 107 Å². The third-order valence-electron chi connectivity index (χ3n) is 3.03. The second-order valence-corrected chi connectivity index (χ2v) is 4.48. The molecule has 0 radical (unpaired) electrons. The summed E-state index contributed by atoms with van der Waals surface area (Å²) in [6, 6.07) is 0. The van der Waals surface area contributed by atoms with Gasteiger partial charge in [0.15, 0.2) is 0 Å². The van der Waals surface area contributed by atoms with Crippen LogP contribution in [0.5, 0.6) is 0 Å². The molecule has 1 fully saturated rings. The molecule has 1 aliphatic heterocycles. The maximum absolute atomic E-state index is 12.7. The number of hydrogen-bond acceptors (Lipinski definition) is 4. The molecule has 110 valence electrons. The smallest absolute Gasteiger partial charge is 0.422 e. The molecule has 0 saturated carbocycles. The monoisotopic (exact) mass is 284 g/mol. The predicted octanol–water partition coefficient (Wildman–Crippen LogP) is 0.0145. The average molecular weight is 284 g/mol. The molecule has 19 heavy (non-hydrogen) atoms. The van der Waals surface area contributed by atoms with Crippen molar-refractivity contribution < 1.29 is 32.6 Å². The normalized spacial score (nSPS) is 26.8. The van der Waals surface area contributed by atoms with E-state index in [1.807, 2.05) is 0 Å². The van der Waals surface area contributed by atoms with Crippen molar-refractivity contribution in [2.45, 2.75) is 43.7 Å². The summed E-state index contributed by atoms with van der Waals surface area (Å²) in [4.78, 5) is 22.4. The van der Waals surface area contributed by atoms with Crippen LogP contribution < -0.4 is 11.1 Å². The van der Waals surface area contributed by atoms with Crippen LogP contribution in [0.15, 0.2) is 0 Å². The van der Waals surface area contributed by atoms with Crippen molar-refractivity contribution in [3.63, 3.8) is 0 Å². The van der Waals surface area contributed by atoms with E-state index in [1.165, 1.54) is 5.32 Å². The van der Waals surface area contributed by atoms with Gasteiger partial charge in [0.05, 0.1) is 6.10 Å². The number of alkyl halides is 3. The van der Waals surface area contributed by atoms with Crippen molar-refractivity contribution in [1.82, 2.24) is 5.32 Å². The molecule has 3 atom stereocenters. The van der Waals surface area contributed by atoms with Crippen LogP contribution in [0.25, 0.3) is 0 Å². The van der Waals surface area contributed by atoms with Crippen LogP contribution in [0, 0.1) is 0 Å². The first-order chi connectivity index (χ1) is 8.61. The molecule has 9 heteroatoms. The quantitative estimate of drug-likeness (QED) is 0.675. The lowest BCUT2D eigenvalue weighted by molar-refractivity contribution is -0.208. The van der Waals surface area contributed by atoms with Gasteiger partial charge in [-0.3, -0.25) is 4.79 Å². The second-order valence-electron chi connectivity index (χ2n) is 4.48. The first-order valence-electron chi connectivity index (χ1n) is 5.59. The number of halogens is 3. The van der Waals surface area contributed by atoms with Crippen molar-refractivity contribution in [3.8, 4) is 0 Å². The van der Waals surface area contributed by atoms with Crippen LogP contribution in [-0.4, -0.2) is 47.5 Å². The SMILES string of the molecule is CC(NC(=O)C1CCC(CN)O1)(C(=O)O)C(F)(F)F. The lowest BCUT2D eigenvalue weighted by atomic mass is 10.0. The van der Waals surface area contributed by atoms with Crippen LogP contribution in [0.3, 0.4) is 0 Å². The van der Waals surface area contributed by atoms with Crippen LogP contribution in [0.1, 0.15) is 19.8 Å². The Hall–Kier alpha value is -1.35. The number of carboxylic acids is 1. The summed E-state index contributed by atoms with van der Waals surface area (Å²) in [5, 5.41) is 10.2. The highest BCUT2D eigenvalue weighted by atomic mass is 19.4. The molecule has 6 nitrogen and oxygen atoms in total. The van der Waals surface area contributed by atoms with Crippen LogP contribution in [0.2, 0.25) is 0 Å². The van der Waals surface area contributed by atoms with E-state index in [4.69, 9.17) is 15.6 Å². The molecule has 1 amide bonds. The summed E-state index contributed by atoms with van der Waals surface area (Å²) in [6.07, 6.45) is -5.95. The summed E-state index contributed by atoms with van der Waals surface area (Å²) in [5.41, 5.74) is 1.97. The highest BCUT2D eigenvalue weighted by Gasteiger charge is 2.59. The van der Waals surface area contributed by atoms with Gasteiger partial charge in [0, 0.05) is 6.54 Å². The largest absolute Gasteiger partial charge is 0.479 e. The maximum Gasteiger partial charge on any atom is 0.422 e. The van der Waals surface area contributed by atoms with Gasteiger partial charge in [-0.05, 0) is 19.8 Å². The van der Waals surface area contributed by atoms with E-state index in [2.05, 4.69) is 0 Å². The topological polar surface area (TPSA) is 102 Å². The Balaban J connectivity index is 2.77. The van der Waals surface area contributed by atoms with Crippen molar-refractivity contribution in [2.24, 2.45) is 5.73 Å². The van der Waals surface area contributed by atoms with E-state index in [0.717, 1.165) is 0 Å². The van der Waals surface area contributed by atoms with Gasteiger partial charge in [0.2, 0.25) is 11.4 Å². The lowest BCUT2D eigenvalue weighted by Gasteiger charge is -2.29. The number of carboxylic acid groups (broad SMARTS) is 1. The molecule has 1 heterocycles. The Kier molecular flexibility index (Phi) is 4.41. The summed E-state index contributed by atoms with van der Waals surface area (Å²) < 4.78 is 43.2. The summed E-state index contributed by atoms with van der Waals surface area (Å²) >= 11 is 0. The zero-order chi connectivity index (χ0) is 14.8. The standard InChI is InChI=1S/C10H15F3N2O4/c1-9(8(17)18,10(11,12)13)15-7(16)6-3-2-5(4-14)19-6/h5-6H,2-4,14H2,1H3,(H,15,16)(H,17,18). The molecule has 0 aromatic heterocycles. The van der Waals surface area contributed by atoms with Crippen molar-refractivity contribution >= 4 is 11.9 Å². The zero-order valence-corrected chi connectivity index (χ0v) is 10.2. The highest BCUT2D eigenvalue weighted by molar-refractivity contribution is 5.89. The van der Waals surface area contributed by atoms with Crippen molar-refractivity contribution in [3.05, 3.63) is 0 Å². The number of carbonyl (C=O) groups is 2. The minimum absolute atomic E-state index is 0.152. The number of rotatable bonds is 4. The molecule has 0 spiro atoms. The molecule has 1 aliphatic rings. The predicted molar refractivity (Wildman–Crippen MR) is 57.2 cm³/mol. The van der Waals surface area contributed by atoms with Crippen LogP contribution in [0.4, 0.5) is 13.2 Å². The third kappa shape index (κ3) is 3.16. The Morgan fingerprint density at radius 3 is 2.37 bits per heavy atom. The van der Waals surface area contributed by atoms with Gasteiger partial charge < -0.3 is 20.9 Å². The summed E-state index contributed by atoms with van der Waals surface area (Å²) in [6.45, 7) is 0.544. The fraction of sp³-hybridized carbons (Fsp3) is 0.800. The van der Waals surface area contributed by atoms with Gasteiger partial charge in [-0.15, -0.1) is 0 Å². The van der Waals surface area contributed by atoms with E-state index < -0.39 is 35.8 Å². The van der Waals surface area contributed by atoms with Crippen LogP contribution >= 0.6 is 0 Å². The summed E-state index contributed by atoms with van der Waals surface area (Å²) in [7, 11) is 0. The summed E-state index contributed by atoms with van der Waals surface area (Å²) in [5.74, 6) is -3.28. The Bertz CT molecular complexity index is 374. The number of hydrogen-bond donors (Lipinski definition) is 3. The second kappa shape index (κ2) is 5.33. The number of carbonyl (C=O) groups excluding carboxylic acids is 1. The molecule has 0 aromatic carbocycles. The molecular weight excluding hydrogens is 269 g/mol. The molecule has 4 N–H and O–H groups in total. The van der Waals surface area contributed by atoms with E-state index in [-0.39, 0.29) is 13.0 Å². The van der Waals surface area contributed by atoms with E-state index in [0.29, 0.717) is 13.3 Å². The molecule has 0 bridgehead atoms. The average Bonchev–Trinajstić information content (AvgIpc) is 2.75. The number of nitrogens with one attached hydrogen (secondary N) is 1. The van der Waals surface area contributed by atoms with Crippen molar-refractivity contribution in [1.29, 1.82) is 0 Å². The fourth-order valence-corrected chi connectivity index (χ4v) is 1.64. The number of nitrogens with two attached hydrogens (primary N) is 1. The van der Waals surface area contributed by atoms with Gasteiger partial charge in [-0.2, -0.15) is 13.2 Å².